The van der Waals surface area contributed by atoms with Crippen LogP contribution in [0.25, 0.3) is 0 Å². The second-order valence-corrected chi connectivity index (χ2v) is 6.93. The molecule has 0 aromatic heterocycles. The predicted molar refractivity (Wildman–Crippen MR) is 82.1 cm³/mol. The molecule has 2 rings (SSSR count). The van der Waals surface area contributed by atoms with Gasteiger partial charge < -0.3 is 9.64 Å². The number of ether oxygens (including phenoxy) is 1. The summed E-state index contributed by atoms with van der Waals surface area (Å²) in [6, 6.07) is 6.94. The largest absolute Gasteiger partial charge is 0.489 e. The summed E-state index contributed by atoms with van der Waals surface area (Å²) in [6.07, 6.45) is 0.0278. The zero-order chi connectivity index (χ0) is 16.3. The lowest BCUT2D eigenvalue weighted by Gasteiger charge is -2.17. The molecule has 1 heterocycles. The molecular formula is C15H18FNO4S. The van der Waals surface area contributed by atoms with Crippen LogP contribution in [0, 0.1) is 5.92 Å². The molecule has 1 unspecified atom stereocenters. The van der Waals surface area contributed by atoms with Gasteiger partial charge in [-0.15, -0.1) is 3.89 Å². The lowest BCUT2D eigenvalue weighted by Crippen LogP contribution is -2.25. The number of anilines is 1. The summed E-state index contributed by atoms with van der Waals surface area (Å²) in [7, 11) is -4.58. The minimum atomic E-state index is -4.58. The molecular weight excluding hydrogens is 309 g/mol. The molecule has 1 fully saturated rings. The summed E-state index contributed by atoms with van der Waals surface area (Å²) in [5.41, 5.74) is 1.49. The molecule has 1 amide bonds. The molecule has 1 aliphatic rings. The maximum atomic E-state index is 12.8. The Morgan fingerprint density at radius 1 is 1.50 bits per heavy atom. The molecule has 0 radical (unpaired) electrons. The lowest BCUT2D eigenvalue weighted by molar-refractivity contribution is -0.117. The van der Waals surface area contributed by atoms with Gasteiger partial charge in [0.2, 0.25) is 5.91 Å². The topological polar surface area (TPSA) is 63.7 Å². The fourth-order valence-corrected chi connectivity index (χ4v) is 3.16. The summed E-state index contributed by atoms with van der Waals surface area (Å²) >= 11 is 0. The average molecular weight is 327 g/mol. The molecule has 1 atom stereocenters. The number of hydrogen-bond acceptors (Lipinski definition) is 4. The Balaban J connectivity index is 2.09. The van der Waals surface area contributed by atoms with Gasteiger partial charge in [-0.1, -0.05) is 12.6 Å². The third kappa shape index (κ3) is 4.56. The van der Waals surface area contributed by atoms with Crippen molar-refractivity contribution in [3.63, 3.8) is 0 Å². The smallest absolute Gasteiger partial charge is 0.302 e. The van der Waals surface area contributed by atoms with Gasteiger partial charge >= 0.3 is 10.2 Å². The third-order valence-electron chi connectivity index (χ3n) is 3.25. The van der Waals surface area contributed by atoms with Crippen LogP contribution < -0.4 is 9.64 Å². The zero-order valence-electron chi connectivity index (χ0n) is 12.3. The molecule has 5 nitrogen and oxygen atoms in total. The fraction of sp³-hybridized carbons (Fsp3) is 0.400. The minimum absolute atomic E-state index is 0.0278. The van der Waals surface area contributed by atoms with Crippen molar-refractivity contribution in [3.05, 3.63) is 36.4 Å². The maximum absolute atomic E-state index is 12.8. The first kappa shape index (κ1) is 16.5. The number of halogens is 1. The lowest BCUT2D eigenvalue weighted by atomic mass is 10.1. The van der Waals surface area contributed by atoms with Gasteiger partial charge in [0.05, 0.1) is 5.75 Å². The van der Waals surface area contributed by atoms with Crippen LogP contribution in [-0.4, -0.2) is 33.2 Å². The quantitative estimate of drug-likeness (QED) is 0.594. The standard InChI is InChI=1S/C15H18FNO4S/c1-11(2)9-21-14-5-3-4-13(7-14)17-8-12(6-15(17)18)10-22(16,19)20/h3-5,7,12H,1,6,8-10H2,2H3. The Bertz CT molecular complexity index is 687. The minimum Gasteiger partial charge on any atom is -0.489 e. The molecule has 1 saturated heterocycles. The molecule has 22 heavy (non-hydrogen) atoms. The third-order valence-corrected chi connectivity index (χ3v) is 4.12. The molecule has 7 heteroatoms. The molecule has 1 aromatic carbocycles. The Morgan fingerprint density at radius 3 is 2.86 bits per heavy atom. The van der Waals surface area contributed by atoms with Crippen molar-refractivity contribution in [1.82, 2.24) is 0 Å². The van der Waals surface area contributed by atoms with Crippen molar-refractivity contribution in [2.24, 2.45) is 5.92 Å². The number of rotatable bonds is 6. The van der Waals surface area contributed by atoms with Crippen molar-refractivity contribution in [3.8, 4) is 5.75 Å². The van der Waals surface area contributed by atoms with E-state index in [0.717, 1.165) is 5.57 Å². The van der Waals surface area contributed by atoms with E-state index in [1.54, 1.807) is 24.3 Å². The van der Waals surface area contributed by atoms with Crippen molar-refractivity contribution in [2.75, 3.05) is 23.8 Å². The van der Waals surface area contributed by atoms with Crippen LogP contribution in [0.2, 0.25) is 0 Å². The highest BCUT2D eigenvalue weighted by Gasteiger charge is 2.33. The van der Waals surface area contributed by atoms with Gasteiger partial charge in [-0.3, -0.25) is 4.79 Å². The van der Waals surface area contributed by atoms with Gasteiger partial charge in [0.15, 0.2) is 0 Å². The van der Waals surface area contributed by atoms with E-state index >= 15 is 0 Å². The van der Waals surface area contributed by atoms with Crippen LogP contribution in [0.3, 0.4) is 0 Å². The molecule has 0 saturated carbocycles. The van der Waals surface area contributed by atoms with E-state index in [2.05, 4.69) is 6.58 Å². The second-order valence-electron chi connectivity index (χ2n) is 5.52. The maximum Gasteiger partial charge on any atom is 0.302 e. The molecule has 1 aliphatic heterocycles. The summed E-state index contributed by atoms with van der Waals surface area (Å²) in [6.45, 7) is 6.15. The summed E-state index contributed by atoms with van der Waals surface area (Å²) in [5.74, 6) is -0.774. The van der Waals surface area contributed by atoms with Gasteiger partial charge in [-0.2, -0.15) is 8.42 Å². The van der Waals surface area contributed by atoms with E-state index in [9.17, 15) is 17.1 Å². The molecule has 120 valence electrons. The first-order valence-electron chi connectivity index (χ1n) is 6.84. The predicted octanol–water partition coefficient (Wildman–Crippen LogP) is 2.29. The molecule has 0 bridgehead atoms. The number of amides is 1. The normalized spacial score (nSPS) is 18.5. The van der Waals surface area contributed by atoms with Gasteiger partial charge in [0.1, 0.15) is 12.4 Å². The molecule has 0 N–H and O–H groups in total. The summed E-state index contributed by atoms with van der Waals surface area (Å²) in [4.78, 5) is 13.5. The molecule has 0 spiro atoms. The van der Waals surface area contributed by atoms with Crippen LogP contribution in [0.15, 0.2) is 36.4 Å². The number of nitrogens with zero attached hydrogens (tertiary/aromatic N) is 1. The summed E-state index contributed by atoms with van der Waals surface area (Å²) in [5, 5.41) is 0. The number of hydrogen-bond donors (Lipinski definition) is 0. The number of carbonyl (C=O) groups excluding carboxylic acids is 1. The van der Waals surface area contributed by atoms with Gasteiger partial charge in [0.25, 0.3) is 0 Å². The van der Waals surface area contributed by atoms with Crippen molar-refractivity contribution in [2.45, 2.75) is 13.3 Å². The first-order valence-corrected chi connectivity index (χ1v) is 8.40. The average Bonchev–Trinajstić information content (AvgIpc) is 2.75. The summed E-state index contributed by atoms with van der Waals surface area (Å²) < 4.78 is 39.7. The van der Waals surface area contributed by atoms with Crippen molar-refractivity contribution >= 4 is 21.8 Å². The van der Waals surface area contributed by atoms with Crippen molar-refractivity contribution in [1.29, 1.82) is 0 Å². The highest BCUT2D eigenvalue weighted by atomic mass is 32.3. The van der Waals surface area contributed by atoms with Gasteiger partial charge in [-0.25, -0.2) is 0 Å². The Hall–Kier alpha value is -1.89. The Labute approximate surface area is 129 Å². The zero-order valence-corrected chi connectivity index (χ0v) is 13.1. The Kier molecular flexibility index (Phi) is 4.85. The first-order chi connectivity index (χ1) is 10.2. The Morgan fingerprint density at radius 2 is 2.23 bits per heavy atom. The second kappa shape index (κ2) is 6.48. The number of carbonyl (C=O) groups is 1. The van der Waals surface area contributed by atoms with Gasteiger partial charge in [0, 0.05) is 30.6 Å². The fourth-order valence-electron chi connectivity index (χ4n) is 2.37. The highest BCUT2D eigenvalue weighted by molar-refractivity contribution is 7.86. The molecule has 0 aliphatic carbocycles. The van der Waals surface area contributed by atoms with Crippen LogP contribution in [-0.2, 0) is 15.0 Å². The van der Waals surface area contributed by atoms with Crippen LogP contribution >= 0.6 is 0 Å². The van der Waals surface area contributed by atoms with E-state index < -0.39 is 21.9 Å². The van der Waals surface area contributed by atoms with E-state index in [1.165, 1.54) is 4.90 Å². The van der Waals surface area contributed by atoms with E-state index in [1.807, 2.05) is 6.92 Å². The number of benzene rings is 1. The van der Waals surface area contributed by atoms with E-state index in [4.69, 9.17) is 4.74 Å². The van der Waals surface area contributed by atoms with E-state index in [-0.39, 0.29) is 18.9 Å². The van der Waals surface area contributed by atoms with Crippen LogP contribution in [0.1, 0.15) is 13.3 Å². The SMILES string of the molecule is C=C(C)COc1cccc(N2CC(CS(=O)(=O)F)CC2=O)c1. The van der Waals surface area contributed by atoms with Crippen LogP contribution in [0.4, 0.5) is 9.57 Å². The monoisotopic (exact) mass is 327 g/mol. The van der Waals surface area contributed by atoms with Gasteiger partial charge in [-0.05, 0) is 24.6 Å². The highest BCUT2D eigenvalue weighted by Crippen LogP contribution is 2.28. The van der Waals surface area contributed by atoms with Crippen molar-refractivity contribution < 1.29 is 21.8 Å². The van der Waals surface area contributed by atoms with Crippen LogP contribution in [0.5, 0.6) is 5.75 Å². The van der Waals surface area contributed by atoms with E-state index in [0.29, 0.717) is 18.0 Å². The molecule has 1 aromatic rings.